The predicted molar refractivity (Wildman–Crippen MR) is 105 cm³/mol. The van der Waals surface area contributed by atoms with Gasteiger partial charge in [0.15, 0.2) is 16.8 Å². The number of hydrogen-bond donors (Lipinski definition) is 0. The molecule has 0 atom stereocenters. The first kappa shape index (κ1) is 17.9. The van der Waals surface area contributed by atoms with E-state index in [1.807, 2.05) is 42.1 Å². The maximum Gasteiger partial charge on any atom is 0.191 e. The lowest BCUT2D eigenvalue weighted by Crippen LogP contribution is -2.08. The highest BCUT2D eigenvalue weighted by molar-refractivity contribution is 7.99. The van der Waals surface area contributed by atoms with Gasteiger partial charge in [0.25, 0.3) is 0 Å². The fourth-order valence-electron chi connectivity index (χ4n) is 2.77. The van der Waals surface area contributed by atoms with E-state index >= 15 is 0 Å². The Bertz CT molecular complexity index is 927. The number of thioether (sulfide) groups is 1. The van der Waals surface area contributed by atoms with E-state index in [1.54, 1.807) is 11.3 Å². The number of carbonyl (C=O) groups excluding carboxylic acids is 1. The molecule has 6 heteroatoms. The van der Waals surface area contributed by atoms with Crippen LogP contribution in [0.25, 0.3) is 10.7 Å². The van der Waals surface area contributed by atoms with Gasteiger partial charge in [-0.05, 0) is 67.5 Å². The number of aromatic nitrogens is 3. The van der Waals surface area contributed by atoms with Gasteiger partial charge in [-0.15, -0.1) is 21.5 Å². The highest BCUT2D eigenvalue weighted by Crippen LogP contribution is 2.27. The lowest BCUT2D eigenvalue weighted by Gasteiger charge is -2.13. The molecular weight excluding hydrogens is 350 g/mol. The van der Waals surface area contributed by atoms with E-state index in [4.69, 9.17) is 0 Å². The molecule has 4 nitrogen and oxygen atoms in total. The van der Waals surface area contributed by atoms with Crippen molar-refractivity contribution in [2.45, 2.75) is 32.9 Å². The lowest BCUT2D eigenvalue weighted by atomic mass is 9.93. The van der Waals surface area contributed by atoms with Gasteiger partial charge in [-0.25, -0.2) is 0 Å². The third-order valence-corrected chi connectivity index (χ3v) is 6.58. The van der Waals surface area contributed by atoms with Gasteiger partial charge in [0, 0.05) is 12.6 Å². The molecule has 0 aliphatic heterocycles. The monoisotopic (exact) mass is 371 g/mol. The summed E-state index contributed by atoms with van der Waals surface area (Å²) in [5.74, 6) is 1.33. The van der Waals surface area contributed by atoms with Gasteiger partial charge in [-0.3, -0.25) is 4.79 Å². The van der Waals surface area contributed by atoms with Crippen LogP contribution in [0.3, 0.4) is 0 Å². The van der Waals surface area contributed by atoms with Crippen LogP contribution in [-0.2, 0) is 7.05 Å². The minimum Gasteiger partial charge on any atom is -0.304 e. The average molecular weight is 372 g/mol. The molecule has 25 heavy (non-hydrogen) atoms. The zero-order valence-corrected chi connectivity index (χ0v) is 16.7. The Hall–Kier alpha value is -1.92. The molecule has 0 fully saturated rings. The summed E-state index contributed by atoms with van der Waals surface area (Å²) in [4.78, 5) is 13.8. The van der Waals surface area contributed by atoms with Crippen molar-refractivity contribution in [2.24, 2.45) is 7.05 Å². The van der Waals surface area contributed by atoms with Crippen molar-refractivity contribution in [1.29, 1.82) is 0 Å². The summed E-state index contributed by atoms with van der Waals surface area (Å²) in [6.07, 6.45) is 0. The van der Waals surface area contributed by atoms with Gasteiger partial charge in [0.05, 0.1) is 10.6 Å². The van der Waals surface area contributed by atoms with Gasteiger partial charge in [-0.1, -0.05) is 17.8 Å². The number of ketones is 1. The van der Waals surface area contributed by atoms with Crippen LogP contribution in [0.15, 0.2) is 28.7 Å². The van der Waals surface area contributed by atoms with Crippen molar-refractivity contribution in [2.75, 3.05) is 5.75 Å². The topological polar surface area (TPSA) is 47.8 Å². The van der Waals surface area contributed by atoms with Gasteiger partial charge >= 0.3 is 0 Å². The molecule has 0 aliphatic rings. The van der Waals surface area contributed by atoms with Crippen LogP contribution in [-0.4, -0.2) is 26.3 Å². The Morgan fingerprint density at radius 3 is 2.60 bits per heavy atom. The second-order valence-corrected chi connectivity index (χ2v) is 8.06. The Balaban J connectivity index is 1.78. The van der Waals surface area contributed by atoms with Crippen LogP contribution in [0, 0.1) is 27.7 Å². The van der Waals surface area contributed by atoms with E-state index in [0.717, 1.165) is 32.5 Å². The first-order chi connectivity index (χ1) is 11.9. The fraction of sp³-hybridized carbons (Fsp3) is 0.316. The number of thiophene rings is 1. The molecule has 0 saturated carbocycles. The molecule has 0 unspecified atom stereocenters. The van der Waals surface area contributed by atoms with Crippen molar-refractivity contribution in [1.82, 2.24) is 14.8 Å². The minimum absolute atomic E-state index is 0.134. The molecule has 3 rings (SSSR count). The molecule has 1 aromatic carbocycles. The zero-order chi connectivity index (χ0) is 18.1. The second kappa shape index (κ2) is 7.14. The molecule has 3 aromatic rings. The molecule has 2 aromatic heterocycles. The standard InChI is InChI=1S/C19H21N3OS2/c1-11-9-15(14(4)13(3)12(11)2)16(23)10-25-19-21-20-18(22(19)5)17-7-6-8-24-17/h6-9H,10H2,1-5H3. The Morgan fingerprint density at radius 2 is 1.92 bits per heavy atom. The SMILES string of the molecule is Cc1cc(C(=O)CSc2nnc(-c3cccs3)n2C)c(C)c(C)c1C. The van der Waals surface area contributed by atoms with Gasteiger partial charge in [0.1, 0.15) is 0 Å². The van der Waals surface area contributed by atoms with E-state index < -0.39 is 0 Å². The molecule has 0 saturated heterocycles. The van der Waals surface area contributed by atoms with Gasteiger partial charge < -0.3 is 4.57 Å². The zero-order valence-electron chi connectivity index (χ0n) is 15.1. The van der Waals surface area contributed by atoms with Crippen LogP contribution in [0.2, 0.25) is 0 Å². The van der Waals surface area contributed by atoms with Crippen LogP contribution >= 0.6 is 23.1 Å². The third-order valence-electron chi connectivity index (χ3n) is 4.69. The molecule has 0 bridgehead atoms. The summed E-state index contributed by atoms with van der Waals surface area (Å²) in [5.41, 5.74) is 5.51. The summed E-state index contributed by atoms with van der Waals surface area (Å²) in [6, 6.07) is 6.03. The van der Waals surface area contributed by atoms with Crippen LogP contribution < -0.4 is 0 Å². The summed E-state index contributed by atoms with van der Waals surface area (Å²) >= 11 is 3.07. The summed E-state index contributed by atoms with van der Waals surface area (Å²) < 4.78 is 1.95. The summed E-state index contributed by atoms with van der Waals surface area (Å²) in [5, 5.41) is 11.3. The van der Waals surface area contributed by atoms with Crippen LogP contribution in [0.5, 0.6) is 0 Å². The van der Waals surface area contributed by atoms with E-state index in [1.165, 1.54) is 22.9 Å². The predicted octanol–water partition coefficient (Wildman–Crippen LogP) is 4.75. The maximum atomic E-state index is 12.7. The van der Waals surface area contributed by atoms with Crippen LogP contribution in [0.4, 0.5) is 0 Å². The average Bonchev–Trinajstić information content (AvgIpc) is 3.23. The quantitative estimate of drug-likeness (QED) is 0.479. The fourth-order valence-corrected chi connectivity index (χ4v) is 4.31. The smallest absolute Gasteiger partial charge is 0.191 e. The van der Waals surface area contributed by atoms with E-state index in [2.05, 4.69) is 31.0 Å². The first-order valence-electron chi connectivity index (χ1n) is 8.06. The Morgan fingerprint density at radius 1 is 1.16 bits per heavy atom. The van der Waals surface area contributed by atoms with E-state index in [9.17, 15) is 4.79 Å². The summed E-state index contributed by atoms with van der Waals surface area (Å²) in [7, 11) is 1.94. The highest BCUT2D eigenvalue weighted by atomic mass is 32.2. The number of Topliss-reactive ketones (excluding diaryl/α,β-unsaturated/α-hetero) is 1. The van der Waals surface area contributed by atoms with Gasteiger partial charge in [-0.2, -0.15) is 0 Å². The van der Waals surface area contributed by atoms with E-state index in [0.29, 0.717) is 5.75 Å². The van der Waals surface area contributed by atoms with Crippen molar-refractivity contribution < 1.29 is 4.79 Å². The number of hydrogen-bond acceptors (Lipinski definition) is 5. The normalized spacial score (nSPS) is 11.1. The van der Waals surface area contributed by atoms with Crippen molar-refractivity contribution >= 4 is 28.9 Å². The van der Waals surface area contributed by atoms with Crippen molar-refractivity contribution in [3.63, 3.8) is 0 Å². The molecule has 0 spiro atoms. The van der Waals surface area contributed by atoms with Crippen LogP contribution in [0.1, 0.15) is 32.6 Å². The Kier molecular flexibility index (Phi) is 5.11. The second-order valence-electron chi connectivity index (χ2n) is 6.17. The first-order valence-corrected chi connectivity index (χ1v) is 9.93. The number of nitrogens with zero attached hydrogens (tertiary/aromatic N) is 3. The minimum atomic E-state index is 0.134. The third kappa shape index (κ3) is 3.41. The van der Waals surface area contributed by atoms with E-state index in [-0.39, 0.29) is 5.78 Å². The molecule has 130 valence electrons. The van der Waals surface area contributed by atoms with Gasteiger partial charge in [0.2, 0.25) is 0 Å². The molecular formula is C19H21N3OS2. The molecule has 2 heterocycles. The van der Waals surface area contributed by atoms with Crippen molar-refractivity contribution in [3.05, 3.63) is 51.4 Å². The Labute approximate surface area is 156 Å². The number of benzene rings is 1. The molecule has 0 radical (unpaired) electrons. The summed E-state index contributed by atoms with van der Waals surface area (Å²) in [6.45, 7) is 8.27. The largest absolute Gasteiger partial charge is 0.304 e. The lowest BCUT2D eigenvalue weighted by molar-refractivity contribution is 0.102. The molecule has 0 N–H and O–H groups in total. The maximum absolute atomic E-state index is 12.7. The molecule has 0 amide bonds. The van der Waals surface area contributed by atoms with Crippen molar-refractivity contribution in [3.8, 4) is 10.7 Å². The number of rotatable bonds is 5. The highest BCUT2D eigenvalue weighted by Gasteiger charge is 2.17. The molecule has 0 aliphatic carbocycles. The number of aryl methyl sites for hydroxylation is 1. The number of carbonyl (C=O) groups is 1.